The lowest BCUT2D eigenvalue weighted by atomic mass is 9.48. The molecule has 4 saturated carbocycles. The van der Waals surface area contributed by atoms with E-state index >= 15 is 0 Å². The molecule has 2 aromatic rings. The van der Waals surface area contributed by atoms with Crippen LogP contribution >= 0.6 is 11.6 Å². The minimum atomic E-state index is -0.934. The van der Waals surface area contributed by atoms with Crippen LogP contribution in [0.1, 0.15) is 67.3 Å². The van der Waals surface area contributed by atoms with E-state index in [2.05, 4.69) is 23.5 Å². The van der Waals surface area contributed by atoms with Gasteiger partial charge in [0.2, 0.25) is 0 Å². The molecule has 4 aliphatic carbocycles. The number of halogens is 1. The Balaban J connectivity index is 1.16. The fourth-order valence-electron chi connectivity index (χ4n) is 7.69. The molecule has 5 fully saturated rings. The molecule has 0 aromatic heterocycles. The van der Waals surface area contributed by atoms with Crippen molar-refractivity contribution in [2.45, 2.75) is 62.8 Å². The average Bonchev–Trinajstić information content (AvgIpc) is 3.30. The number of carbonyl (C=O) groups is 2. The first kappa shape index (κ1) is 22.0. The Bertz CT molecular complexity index is 1090. The number of rotatable bonds is 5. The molecule has 1 amide bonds. The number of nitrogens with one attached hydrogen (secondary N) is 1. The van der Waals surface area contributed by atoms with Crippen molar-refractivity contribution in [3.05, 3.63) is 58.6 Å². The van der Waals surface area contributed by atoms with Crippen LogP contribution in [0.3, 0.4) is 0 Å². The van der Waals surface area contributed by atoms with Crippen molar-refractivity contribution < 1.29 is 14.7 Å². The Morgan fingerprint density at radius 1 is 0.971 bits per heavy atom. The molecule has 0 spiro atoms. The second kappa shape index (κ2) is 8.30. The number of carboxylic acid groups (broad SMARTS) is 1. The van der Waals surface area contributed by atoms with E-state index in [0.29, 0.717) is 23.9 Å². The van der Waals surface area contributed by atoms with Gasteiger partial charge in [-0.15, -0.1) is 0 Å². The van der Waals surface area contributed by atoms with Crippen LogP contribution in [-0.4, -0.2) is 34.5 Å². The third kappa shape index (κ3) is 3.78. The van der Waals surface area contributed by atoms with Crippen molar-refractivity contribution in [3.8, 4) is 0 Å². The van der Waals surface area contributed by atoms with Gasteiger partial charge in [0.05, 0.1) is 10.7 Å². The minimum Gasteiger partial charge on any atom is -0.480 e. The van der Waals surface area contributed by atoms with Gasteiger partial charge in [0.1, 0.15) is 6.04 Å². The van der Waals surface area contributed by atoms with Gasteiger partial charge in [-0.05, 0) is 116 Å². The molecular weight excluding hydrogens is 448 g/mol. The van der Waals surface area contributed by atoms with Crippen molar-refractivity contribution >= 4 is 34.9 Å². The minimum absolute atomic E-state index is 0.227. The van der Waals surface area contributed by atoms with Crippen LogP contribution in [0.15, 0.2) is 42.5 Å². The maximum atomic E-state index is 12.8. The number of hydrogen-bond donors (Lipinski definition) is 2. The van der Waals surface area contributed by atoms with Crippen molar-refractivity contribution in [2.75, 3.05) is 11.9 Å². The number of hydrogen-bond acceptors (Lipinski definition) is 3. The Hall–Kier alpha value is -2.53. The number of amides is 1. The second-order valence-corrected chi connectivity index (χ2v) is 11.5. The molecule has 178 valence electrons. The quantitative estimate of drug-likeness (QED) is 0.533. The molecule has 1 aliphatic heterocycles. The average molecular weight is 479 g/mol. The summed E-state index contributed by atoms with van der Waals surface area (Å²) in [5, 5.41) is 13.5. The number of benzene rings is 2. The van der Waals surface area contributed by atoms with Crippen LogP contribution in [-0.2, 0) is 10.2 Å². The van der Waals surface area contributed by atoms with E-state index in [1.54, 1.807) is 12.1 Å². The molecule has 5 nitrogen and oxygen atoms in total. The fraction of sp³-hybridized carbons (Fsp3) is 0.500. The van der Waals surface area contributed by atoms with E-state index in [9.17, 15) is 14.7 Å². The fourth-order valence-corrected chi connectivity index (χ4v) is 7.92. The summed E-state index contributed by atoms with van der Waals surface area (Å²) in [6, 6.07) is 13.0. The summed E-state index contributed by atoms with van der Waals surface area (Å²) in [5.41, 5.74) is 3.93. The van der Waals surface area contributed by atoms with Crippen LogP contribution < -0.4 is 5.32 Å². The van der Waals surface area contributed by atoms with E-state index in [0.717, 1.165) is 40.6 Å². The monoisotopic (exact) mass is 478 g/mol. The van der Waals surface area contributed by atoms with Crippen LogP contribution in [0.25, 0.3) is 0 Å². The summed E-state index contributed by atoms with van der Waals surface area (Å²) in [7, 11) is 0. The molecule has 6 heteroatoms. The van der Waals surface area contributed by atoms with Crippen LogP contribution in [0.4, 0.5) is 11.4 Å². The molecular formula is C28H31ClN2O3. The van der Waals surface area contributed by atoms with Gasteiger partial charge < -0.3 is 15.3 Å². The zero-order valence-corrected chi connectivity index (χ0v) is 20.1. The van der Waals surface area contributed by atoms with Gasteiger partial charge in [-0.3, -0.25) is 4.79 Å². The van der Waals surface area contributed by atoms with Gasteiger partial charge in [0.25, 0.3) is 5.91 Å². The van der Waals surface area contributed by atoms with E-state index in [1.807, 2.05) is 12.1 Å². The third-order valence-electron chi connectivity index (χ3n) is 8.83. The first-order valence-electron chi connectivity index (χ1n) is 12.6. The summed E-state index contributed by atoms with van der Waals surface area (Å²) in [5.74, 6) is 1.53. The maximum absolute atomic E-state index is 12.8. The predicted octanol–water partition coefficient (Wildman–Crippen LogP) is 6.24. The van der Waals surface area contributed by atoms with Crippen molar-refractivity contribution in [1.82, 2.24) is 4.90 Å². The van der Waals surface area contributed by atoms with Gasteiger partial charge in [-0.25, -0.2) is 4.79 Å². The van der Waals surface area contributed by atoms with Gasteiger partial charge in [-0.2, -0.15) is 0 Å². The number of anilines is 2. The molecule has 7 rings (SSSR count). The summed E-state index contributed by atoms with van der Waals surface area (Å²) in [6.07, 6.45) is 9.48. The molecule has 2 aromatic carbocycles. The lowest BCUT2D eigenvalue weighted by Gasteiger charge is -2.57. The predicted molar refractivity (Wildman–Crippen MR) is 133 cm³/mol. The van der Waals surface area contributed by atoms with E-state index in [4.69, 9.17) is 11.6 Å². The first-order valence-corrected chi connectivity index (χ1v) is 13.0. The topological polar surface area (TPSA) is 69.6 Å². The molecule has 0 unspecified atom stereocenters. The molecule has 2 N–H and O–H groups in total. The Kier molecular flexibility index (Phi) is 5.36. The standard InChI is InChI=1S/C28H31ClN2O3/c29-23-13-21(28-14-17-10-18(15-28)12-19(11-17)16-28)5-8-24(23)30-22-6-3-20(4-7-22)26(32)31-9-1-2-25(31)27(33)34/h3-8,13,17-19,25,30H,1-2,9-12,14-16H2,(H,33,34)/t17?,18?,19?,25-,28?/m0/s1. The highest BCUT2D eigenvalue weighted by Crippen LogP contribution is 2.61. The normalized spacial score (nSPS) is 31.6. The zero-order valence-electron chi connectivity index (χ0n) is 19.3. The summed E-state index contributed by atoms with van der Waals surface area (Å²) >= 11 is 6.75. The lowest BCUT2D eigenvalue weighted by Crippen LogP contribution is -2.48. The van der Waals surface area contributed by atoms with Crippen LogP contribution in [0.5, 0.6) is 0 Å². The summed E-state index contributed by atoms with van der Waals surface area (Å²) in [4.78, 5) is 25.7. The van der Waals surface area contributed by atoms with Crippen molar-refractivity contribution in [1.29, 1.82) is 0 Å². The van der Waals surface area contributed by atoms with Crippen LogP contribution in [0, 0.1) is 17.8 Å². The van der Waals surface area contributed by atoms with Crippen molar-refractivity contribution in [2.24, 2.45) is 17.8 Å². The number of aliphatic carboxylic acids is 1. The molecule has 1 heterocycles. The Labute approximate surface area is 205 Å². The molecule has 5 aliphatic rings. The molecule has 1 atom stereocenters. The van der Waals surface area contributed by atoms with Gasteiger partial charge in [-0.1, -0.05) is 17.7 Å². The lowest BCUT2D eigenvalue weighted by molar-refractivity contribution is -0.141. The Morgan fingerprint density at radius 3 is 2.21 bits per heavy atom. The van der Waals surface area contributed by atoms with Gasteiger partial charge in [0.15, 0.2) is 0 Å². The third-order valence-corrected chi connectivity index (χ3v) is 9.14. The second-order valence-electron chi connectivity index (χ2n) is 11.1. The largest absolute Gasteiger partial charge is 0.480 e. The number of nitrogens with zero attached hydrogens (tertiary/aromatic N) is 1. The number of carboxylic acids is 1. The Morgan fingerprint density at radius 2 is 1.62 bits per heavy atom. The van der Waals surface area contributed by atoms with E-state index in [1.165, 1.54) is 49.0 Å². The molecule has 0 radical (unpaired) electrons. The van der Waals surface area contributed by atoms with E-state index in [-0.39, 0.29) is 5.91 Å². The SMILES string of the molecule is O=C(O)[C@@H]1CCCN1C(=O)c1ccc(Nc2ccc(C34CC5CC(CC(C5)C3)C4)cc2Cl)cc1. The number of carbonyl (C=O) groups excluding carboxylic acids is 1. The maximum Gasteiger partial charge on any atom is 0.326 e. The number of likely N-dealkylation sites (tertiary alicyclic amines) is 1. The van der Waals surface area contributed by atoms with Gasteiger partial charge in [0, 0.05) is 17.8 Å². The highest BCUT2D eigenvalue weighted by molar-refractivity contribution is 6.33. The zero-order chi connectivity index (χ0) is 23.4. The molecule has 4 bridgehead atoms. The first-order chi connectivity index (χ1) is 16.4. The molecule has 34 heavy (non-hydrogen) atoms. The highest BCUT2D eigenvalue weighted by Gasteiger charge is 2.51. The summed E-state index contributed by atoms with van der Waals surface area (Å²) in [6.45, 7) is 0.488. The van der Waals surface area contributed by atoms with E-state index < -0.39 is 12.0 Å². The van der Waals surface area contributed by atoms with Crippen LogP contribution in [0.2, 0.25) is 5.02 Å². The molecule has 1 saturated heterocycles. The van der Waals surface area contributed by atoms with Crippen molar-refractivity contribution in [3.63, 3.8) is 0 Å². The smallest absolute Gasteiger partial charge is 0.326 e. The highest BCUT2D eigenvalue weighted by atomic mass is 35.5. The van der Waals surface area contributed by atoms with Gasteiger partial charge >= 0.3 is 5.97 Å². The summed E-state index contributed by atoms with van der Waals surface area (Å²) < 4.78 is 0.